The number of β-amino-alcohol motifs (C(OH)–C–C–N with tert-alkyl or cyclic N) is 1. The molecule has 0 bridgehead atoms. The zero-order valence-corrected chi connectivity index (χ0v) is 16.3. The highest BCUT2D eigenvalue weighted by Gasteiger charge is 2.18. The van der Waals surface area contributed by atoms with E-state index in [2.05, 4.69) is 40.2 Å². The molecule has 1 aromatic carbocycles. The monoisotopic (exact) mass is 377 g/mol. The molecule has 0 unspecified atom stereocenters. The Morgan fingerprint density at radius 1 is 1.12 bits per heavy atom. The zero-order chi connectivity index (χ0) is 17.8. The molecule has 0 aliphatic carbocycles. The smallest absolute Gasteiger partial charge is 0.129 e. The lowest BCUT2D eigenvalue weighted by atomic mass is 10.00. The Kier molecular flexibility index (Phi) is 6.36. The van der Waals surface area contributed by atoms with E-state index in [1.165, 1.54) is 21.6 Å². The summed E-state index contributed by atoms with van der Waals surface area (Å²) in [4.78, 5) is 7.67. The van der Waals surface area contributed by atoms with Crippen LogP contribution in [0.15, 0.2) is 35.4 Å². The van der Waals surface area contributed by atoms with Gasteiger partial charge in [-0.1, -0.05) is 17.7 Å². The predicted octanol–water partition coefficient (Wildman–Crippen LogP) is 3.64. The number of rotatable bonds is 5. The van der Waals surface area contributed by atoms with Crippen molar-refractivity contribution >= 4 is 23.5 Å². The molecule has 4 nitrogen and oxygen atoms in total. The number of halogens is 1. The molecular weight excluding hydrogens is 354 g/mol. The molecule has 0 spiro atoms. The third kappa shape index (κ3) is 4.74. The van der Waals surface area contributed by atoms with Crippen molar-refractivity contribution in [2.75, 3.05) is 39.3 Å². The Hall–Kier alpha value is -1.11. The standard InChI is InChI=1S/C19H24ClN3OS/c1-14-11-15(2)18(13-17(14)16-3-4-21-19(20)12-16)25-23-7-5-22(6-8-23)9-10-24/h3-4,11-13,24H,5-10H2,1-2H3. The van der Waals surface area contributed by atoms with Crippen molar-refractivity contribution in [1.29, 1.82) is 0 Å². The maximum absolute atomic E-state index is 9.07. The maximum Gasteiger partial charge on any atom is 0.129 e. The van der Waals surface area contributed by atoms with Gasteiger partial charge in [-0.2, -0.15) is 0 Å². The molecule has 25 heavy (non-hydrogen) atoms. The Labute approximate surface area is 158 Å². The topological polar surface area (TPSA) is 39.6 Å². The number of piperazine rings is 1. The quantitative estimate of drug-likeness (QED) is 0.636. The molecule has 1 saturated heterocycles. The SMILES string of the molecule is Cc1cc(C)c(-c2ccnc(Cl)c2)cc1SN1CCN(CCO)CC1. The van der Waals surface area contributed by atoms with Gasteiger partial charge in [0.25, 0.3) is 0 Å². The number of benzene rings is 1. The van der Waals surface area contributed by atoms with Crippen LogP contribution in [0, 0.1) is 13.8 Å². The number of hydrogen-bond donors (Lipinski definition) is 1. The van der Waals surface area contributed by atoms with Gasteiger partial charge in [0.05, 0.1) is 6.61 Å². The maximum atomic E-state index is 9.07. The molecular formula is C19H24ClN3OS. The van der Waals surface area contributed by atoms with Crippen LogP contribution in [-0.4, -0.2) is 58.6 Å². The lowest BCUT2D eigenvalue weighted by molar-refractivity contribution is 0.156. The minimum Gasteiger partial charge on any atom is -0.395 e. The highest BCUT2D eigenvalue weighted by Crippen LogP contribution is 2.34. The minimum atomic E-state index is 0.238. The summed E-state index contributed by atoms with van der Waals surface area (Å²) in [5.41, 5.74) is 4.85. The van der Waals surface area contributed by atoms with Crippen molar-refractivity contribution in [3.05, 3.63) is 46.7 Å². The van der Waals surface area contributed by atoms with E-state index < -0.39 is 0 Å². The second-order valence-electron chi connectivity index (χ2n) is 6.39. The third-order valence-electron chi connectivity index (χ3n) is 4.53. The number of aromatic nitrogens is 1. The van der Waals surface area contributed by atoms with Crippen molar-refractivity contribution in [1.82, 2.24) is 14.2 Å². The van der Waals surface area contributed by atoms with E-state index in [0.717, 1.165) is 38.3 Å². The number of aliphatic hydroxyl groups excluding tert-OH is 1. The normalized spacial score (nSPS) is 16.3. The first-order valence-corrected chi connectivity index (χ1v) is 9.71. The summed E-state index contributed by atoms with van der Waals surface area (Å²) in [6.45, 7) is 9.34. The number of nitrogens with zero attached hydrogens (tertiary/aromatic N) is 3. The molecule has 1 aromatic heterocycles. The van der Waals surface area contributed by atoms with Crippen LogP contribution in [0.25, 0.3) is 11.1 Å². The molecule has 1 fully saturated rings. The van der Waals surface area contributed by atoms with E-state index in [-0.39, 0.29) is 6.61 Å². The first kappa shape index (κ1) is 18.7. The van der Waals surface area contributed by atoms with E-state index in [4.69, 9.17) is 16.7 Å². The fraction of sp³-hybridized carbons (Fsp3) is 0.421. The number of pyridine rings is 1. The second kappa shape index (κ2) is 8.52. The summed E-state index contributed by atoms with van der Waals surface area (Å²) in [6, 6.07) is 8.43. The zero-order valence-electron chi connectivity index (χ0n) is 14.7. The summed E-state index contributed by atoms with van der Waals surface area (Å²) in [5, 5.41) is 9.59. The first-order chi connectivity index (χ1) is 12.1. The molecule has 2 heterocycles. The van der Waals surface area contributed by atoms with Crippen molar-refractivity contribution in [2.45, 2.75) is 18.7 Å². The van der Waals surface area contributed by atoms with Crippen LogP contribution in [0.1, 0.15) is 11.1 Å². The average Bonchev–Trinajstić information content (AvgIpc) is 2.59. The second-order valence-corrected chi connectivity index (χ2v) is 7.91. The van der Waals surface area contributed by atoms with Crippen LogP contribution in [-0.2, 0) is 0 Å². The predicted molar refractivity (Wildman–Crippen MR) is 105 cm³/mol. The van der Waals surface area contributed by atoms with E-state index in [0.29, 0.717) is 5.15 Å². The lowest BCUT2D eigenvalue weighted by Crippen LogP contribution is -2.44. The molecule has 0 radical (unpaired) electrons. The molecule has 0 amide bonds. The van der Waals surface area contributed by atoms with Gasteiger partial charge in [-0.3, -0.25) is 4.90 Å². The van der Waals surface area contributed by atoms with E-state index in [9.17, 15) is 0 Å². The largest absolute Gasteiger partial charge is 0.395 e. The van der Waals surface area contributed by atoms with Gasteiger partial charge in [-0.05, 0) is 66.2 Å². The molecule has 134 valence electrons. The molecule has 3 rings (SSSR count). The lowest BCUT2D eigenvalue weighted by Gasteiger charge is -2.33. The molecule has 1 aliphatic heterocycles. The van der Waals surface area contributed by atoms with Crippen LogP contribution in [0.5, 0.6) is 0 Å². The molecule has 1 N–H and O–H groups in total. The van der Waals surface area contributed by atoms with Gasteiger partial charge in [0, 0.05) is 43.8 Å². The number of aryl methyl sites for hydroxylation is 2. The third-order valence-corrected chi connectivity index (χ3v) is 6.00. The van der Waals surface area contributed by atoms with Crippen LogP contribution < -0.4 is 0 Å². The molecule has 2 aromatic rings. The summed E-state index contributed by atoms with van der Waals surface area (Å²) >= 11 is 7.89. The summed E-state index contributed by atoms with van der Waals surface area (Å²) in [5.74, 6) is 0. The van der Waals surface area contributed by atoms with E-state index in [1.54, 1.807) is 6.20 Å². The van der Waals surface area contributed by atoms with E-state index in [1.807, 2.05) is 24.1 Å². The van der Waals surface area contributed by atoms with Gasteiger partial charge >= 0.3 is 0 Å². The Morgan fingerprint density at radius 2 is 1.88 bits per heavy atom. The number of aliphatic hydroxyl groups is 1. The van der Waals surface area contributed by atoms with Gasteiger partial charge in [-0.15, -0.1) is 0 Å². The van der Waals surface area contributed by atoms with Crippen LogP contribution >= 0.6 is 23.5 Å². The molecule has 0 atom stereocenters. The van der Waals surface area contributed by atoms with Crippen molar-refractivity contribution in [3.63, 3.8) is 0 Å². The summed E-state index contributed by atoms with van der Waals surface area (Å²) < 4.78 is 2.41. The van der Waals surface area contributed by atoms with Crippen LogP contribution in [0.2, 0.25) is 5.15 Å². The summed E-state index contributed by atoms with van der Waals surface area (Å²) in [7, 11) is 0. The van der Waals surface area contributed by atoms with Crippen LogP contribution in [0.3, 0.4) is 0 Å². The van der Waals surface area contributed by atoms with Gasteiger partial charge in [-0.25, -0.2) is 9.29 Å². The minimum absolute atomic E-state index is 0.238. The van der Waals surface area contributed by atoms with Crippen LogP contribution in [0.4, 0.5) is 0 Å². The fourth-order valence-electron chi connectivity index (χ4n) is 3.14. The van der Waals surface area contributed by atoms with Crippen molar-refractivity contribution < 1.29 is 5.11 Å². The van der Waals surface area contributed by atoms with Gasteiger partial charge in [0.2, 0.25) is 0 Å². The van der Waals surface area contributed by atoms with E-state index >= 15 is 0 Å². The average molecular weight is 378 g/mol. The van der Waals surface area contributed by atoms with Gasteiger partial charge in [0.15, 0.2) is 0 Å². The highest BCUT2D eigenvalue weighted by molar-refractivity contribution is 7.97. The fourth-order valence-corrected chi connectivity index (χ4v) is 4.31. The molecule has 1 aliphatic rings. The molecule has 6 heteroatoms. The Morgan fingerprint density at radius 3 is 2.56 bits per heavy atom. The number of hydrogen-bond acceptors (Lipinski definition) is 5. The van der Waals surface area contributed by atoms with Gasteiger partial charge < -0.3 is 5.11 Å². The Balaban J connectivity index is 1.77. The van der Waals surface area contributed by atoms with Crippen molar-refractivity contribution in [3.8, 4) is 11.1 Å². The molecule has 0 saturated carbocycles. The summed E-state index contributed by atoms with van der Waals surface area (Å²) in [6.07, 6.45) is 1.75. The Bertz CT molecular complexity index is 733. The highest BCUT2D eigenvalue weighted by atomic mass is 35.5. The first-order valence-electron chi connectivity index (χ1n) is 8.56. The van der Waals surface area contributed by atoms with Crippen molar-refractivity contribution in [2.24, 2.45) is 0 Å². The van der Waals surface area contributed by atoms with Gasteiger partial charge in [0.1, 0.15) is 5.15 Å².